The van der Waals surface area contributed by atoms with Crippen LogP contribution in [-0.4, -0.2) is 29.9 Å². The van der Waals surface area contributed by atoms with Crippen molar-refractivity contribution in [3.63, 3.8) is 0 Å². The van der Waals surface area contributed by atoms with Crippen LogP contribution in [0.15, 0.2) is 24.3 Å². The zero-order valence-electron chi connectivity index (χ0n) is 12.7. The third-order valence-electron chi connectivity index (χ3n) is 5.14. The van der Waals surface area contributed by atoms with Gasteiger partial charge in [-0.2, -0.15) is 0 Å². The normalized spacial score (nSPS) is 26.5. The lowest BCUT2D eigenvalue weighted by Gasteiger charge is -2.43. The maximum Gasteiger partial charge on any atom is 0.233 e. The molecule has 1 heterocycles. The first-order valence-electron chi connectivity index (χ1n) is 7.66. The number of nitrogens with zero attached hydrogens (tertiary/aromatic N) is 1. The Kier molecular flexibility index (Phi) is 3.53. The number of rotatable bonds is 2. The van der Waals surface area contributed by atoms with Gasteiger partial charge >= 0.3 is 0 Å². The van der Waals surface area contributed by atoms with Crippen LogP contribution in [0.5, 0.6) is 0 Å². The van der Waals surface area contributed by atoms with Gasteiger partial charge < -0.3 is 10.6 Å². The van der Waals surface area contributed by atoms with Gasteiger partial charge in [0, 0.05) is 24.2 Å². The van der Waals surface area contributed by atoms with Gasteiger partial charge in [-0.3, -0.25) is 4.79 Å². The highest BCUT2D eigenvalue weighted by atomic mass is 35.5. The molecule has 1 saturated carbocycles. The van der Waals surface area contributed by atoms with Crippen molar-refractivity contribution in [2.75, 3.05) is 13.1 Å². The number of hydrogen-bond donors (Lipinski definition) is 1. The number of halogens is 1. The minimum Gasteiger partial charge on any atom is -0.341 e. The Morgan fingerprint density at radius 1 is 1.38 bits per heavy atom. The van der Waals surface area contributed by atoms with E-state index in [0.717, 1.165) is 37.9 Å². The van der Waals surface area contributed by atoms with Crippen LogP contribution in [0.2, 0.25) is 5.02 Å². The third-order valence-corrected chi connectivity index (χ3v) is 5.37. The van der Waals surface area contributed by atoms with E-state index in [0.29, 0.717) is 5.02 Å². The largest absolute Gasteiger partial charge is 0.341 e. The highest BCUT2D eigenvalue weighted by molar-refractivity contribution is 6.30. The fourth-order valence-corrected chi connectivity index (χ4v) is 3.58. The smallest absolute Gasteiger partial charge is 0.233 e. The van der Waals surface area contributed by atoms with Crippen molar-refractivity contribution in [1.29, 1.82) is 0 Å². The van der Waals surface area contributed by atoms with Crippen LogP contribution in [0, 0.1) is 5.41 Å². The Balaban J connectivity index is 1.82. The predicted molar refractivity (Wildman–Crippen MR) is 85.3 cm³/mol. The molecule has 0 aromatic heterocycles. The zero-order valence-corrected chi connectivity index (χ0v) is 13.5. The van der Waals surface area contributed by atoms with Crippen molar-refractivity contribution >= 4 is 17.5 Å². The molecule has 2 fully saturated rings. The van der Waals surface area contributed by atoms with E-state index < -0.39 is 0 Å². The van der Waals surface area contributed by atoms with Gasteiger partial charge in [0.1, 0.15) is 0 Å². The summed E-state index contributed by atoms with van der Waals surface area (Å²) >= 11 is 6.09. The first kappa shape index (κ1) is 14.9. The number of piperidine rings is 1. The molecule has 114 valence electrons. The molecule has 0 bridgehead atoms. The summed E-state index contributed by atoms with van der Waals surface area (Å²) < 4.78 is 0. The summed E-state index contributed by atoms with van der Waals surface area (Å²) in [6.45, 7) is 5.81. The zero-order chi connectivity index (χ0) is 15.3. The lowest BCUT2D eigenvalue weighted by molar-refractivity contribution is -0.137. The van der Waals surface area contributed by atoms with Crippen LogP contribution >= 0.6 is 11.6 Å². The van der Waals surface area contributed by atoms with E-state index >= 15 is 0 Å². The van der Waals surface area contributed by atoms with Crippen LogP contribution in [-0.2, 0) is 10.2 Å². The van der Waals surface area contributed by atoms with Gasteiger partial charge in [-0.15, -0.1) is 0 Å². The quantitative estimate of drug-likeness (QED) is 0.913. The molecule has 1 unspecified atom stereocenters. The molecule has 4 heteroatoms. The van der Waals surface area contributed by atoms with Gasteiger partial charge in [0.15, 0.2) is 0 Å². The molecule has 2 N–H and O–H groups in total. The number of carbonyl (C=O) groups excluding carboxylic acids is 1. The topological polar surface area (TPSA) is 46.3 Å². The Morgan fingerprint density at radius 3 is 2.67 bits per heavy atom. The van der Waals surface area contributed by atoms with Crippen molar-refractivity contribution in [2.24, 2.45) is 11.1 Å². The van der Waals surface area contributed by atoms with Crippen LogP contribution in [0.4, 0.5) is 0 Å². The molecular weight excluding hydrogens is 284 g/mol. The second-order valence-corrected chi connectivity index (χ2v) is 7.64. The van der Waals surface area contributed by atoms with Gasteiger partial charge in [-0.25, -0.2) is 0 Å². The first-order chi connectivity index (χ1) is 9.85. The third kappa shape index (κ3) is 2.58. The van der Waals surface area contributed by atoms with Crippen LogP contribution in [0.3, 0.4) is 0 Å². The molecule has 1 aromatic carbocycles. The number of amides is 1. The number of hydrogen-bond acceptors (Lipinski definition) is 2. The number of carbonyl (C=O) groups is 1. The first-order valence-corrected chi connectivity index (χ1v) is 8.04. The fraction of sp³-hybridized carbons (Fsp3) is 0.588. The summed E-state index contributed by atoms with van der Waals surface area (Å²) in [5, 5.41) is 0.701. The standard InChI is InChI=1S/C17H23ClN2O/c1-16(2)11-20(9-6-14(16)19)15(21)17(7-8-17)12-4-3-5-13(18)10-12/h3-5,10,14H,6-9,11,19H2,1-2H3. The molecule has 1 amide bonds. The van der Waals surface area contributed by atoms with E-state index in [1.807, 2.05) is 29.2 Å². The Labute approximate surface area is 131 Å². The highest BCUT2D eigenvalue weighted by Crippen LogP contribution is 2.50. The summed E-state index contributed by atoms with van der Waals surface area (Å²) in [6.07, 6.45) is 2.73. The minimum atomic E-state index is -0.331. The molecule has 2 aliphatic rings. The second-order valence-electron chi connectivity index (χ2n) is 7.20. The van der Waals surface area contributed by atoms with Gasteiger partial charge in [-0.05, 0) is 42.4 Å². The Morgan fingerprint density at radius 2 is 2.10 bits per heavy atom. The number of likely N-dealkylation sites (tertiary alicyclic amines) is 1. The summed E-state index contributed by atoms with van der Waals surface area (Å²) in [5.74, 6) is 0.254. The molecule has 21 heavy (non-hydrogen) atoms. The summed E-state index contributed by atoms with van der Waals surface area (Å²) in [4.78, 5) is 15.0. The molecule has 3 nitrogen and oxygen atoms in total. The molecule has 0 radical (unpaired) electrons. The maximum atomic E-state index is 13.0. The number of benzene rings is 1. The lowest BCUT2D eigenvalue weighted by Crippen LogP contribution is -2.55. The lowest BCUT2D eigenvalue weighted by atomic mass is 9.79. The van der Waals surface area contributed by atoms with Gasteiger partial charge in [-0.1, -0.05) is 37.6 Å². The fourth-order valence-electron chi connectivity index (χ4n) is 3.39. The highest BCUT2D eigenvalue weighted by Gasteiger charge is 2.54. The summed E-state index contributed by atoms with van der Waals surface area (Å²) in [7, 11) is 0. The Hall–Kier alpha value is -1.06. The second kappa shape index (κ2) is 4.99. The summed E-state index contributed by atoms with van der Waals surface area (Å²) in [6, 6.07) is 7.92. The van der Waals surface area contributed by atoms with Crippen molar-refractivity contribution in [2.45, 2.75) is 44.6 Å². The van der Waals surface area contributed by atoms with E-state index in [2.05, 4.69) is 13.8 Å². The van der Waals surface area contributed by atoms with E-state index in [9.17, 15) is 4.79 Å². The van der Waals surface area contributed by atoms with Crippen LogP contribution < -0.4 is 5.73 Å². The SMILES string of the molecule is CC1(C)CN(C(=O)C2(c3cccc(Cl)c3)CC2)CCC1N. The van der Waals surface area contributed by atoms with E-state index in [4.69, 9.17) is 17.3 Å². The van der Waals surface area contributed by atoms with Gasteiger partial charge in [0.25, 0.3) is 0 Å². The predicted octanol–water partition coefficient (Wildman–Crippen LogP) is 2.96. The van der Waals surface area contributed by atoms with E-state index in [1.165, 1.54) is 0 Å². The molecule has 1 atom stereocenters. The molecule has 3 rings (SSSR count). The van der Waals surface area contributed by atoms with Crippen molar-refractivity contribution in [3.8, 4) is 0 Å². The Bertz CT molecular complexity index is 566. The van der Waals surface area contributed by atoms with Crippen LogP contribution in [0.25, 0.3) is 0 Å². The van der Waals surface area contributed by atoms with E-state index in [-0.39, 0.29) is 22.8 Å². The van der Waals surface area contributed by atoms with Gasteiger partial charge in [0.2, 0.25) is 5.91 Å². The number of nitrogens with two attached hydrogens (primary N) is 1. The van der Waals surface area contributed by atoms with Crippen molar-refractivity contribution < 1.29 is 4.79 Å². The molecule has 0 spiro atoms. The monoisotopic (exact) mass is 306 g/mol. The molecule has 1 aliphatic heterocycles. The van der Waals surface area contributed by atoms with Crippen molar-refractivity contribution in [3.05, 3.63) is 34.9 Å². The average Bonchev–Trinajstić information content (AvgIpc) is 3.22. The van der Waals surface area contributed by atoms with Crippen molar-refractivity contribution in [1.82, 2.24) is 4.90 Å². The summed E-state index contributed by atoms with van der Waals surface area (Å²) in [5.41, 5.74) is 6.89. The average molecular weight is 307 g/mol. The molecule has 1 saturated heterocycles. The maximum absolute atomic E-state index is 13.0. The molecule has 1 aromatic rings. The molecular formula is C17H23ClN2O. The molecule has 1 aliphatic carbocycles. The van der Waals surface area contributed by atoms with E-state index in [1.54, 1.807) is 0 Å². The van der Waals surface area contributed by atoms with Crippen LogP contribution in [0.1, 0.15) is 38.7 Å². The van der Waals surface area contributed by atoms with Gasteiger partial charge in [0.05, 0.1) is 5.41 Å². The minimum absolute atomic E-state index is 0.0156.